The Labute approximate surface area is 112 Å². The fourth-order valence-corrected chi connectivity index (χ4v) is 2.15. The van der Waals surface area contributed by atoms with Crippen LogP contribution in [0.25, 0.3) is 0 Å². The van der Waals surface area contributed by atoms with Crippen molar-refractivity contribution in [1.82, 2.24) is 0 Å². The van der Waals surface area contributed by atoms with Gasteiger partial charge in [0.25, 0.3) is 0 Å². The zero-order valence-corrected chi connectivity index (χ0v) is 12.6. The van der Waals surface area contributed by atoms with Crippen LogP contribution in [0.5, 0.6) is 0 Å². The second-order valence-corrected chi connectivity index (χ2v) is 6.18. The summed E-state index contributed by atoms with van der Waals surface area (Å²) in [5, 5.41) is 0. The molecule has 0 aliphatic rings. The molecule has 0 saturated carbocycles. The van der Waals surface area contributed by atoms with Crippen molar-refractivity contribution in [3.05, 3.63) is 34.9 Å². The van der Waals surface area contributed by atoms with Crippen LogP contribution in [0.1, 0.15) is 81.3 Å². The largest absolute Gasteiger partial charge is 0.294 e. The standard InChI is InChI=1S/C17H26O/c1-11(2)9-17(18)15-8-7-14(12(3)4)10-16(15)13(5)6/h7-8,10-13H,9H2,1-6H3. The lowest BCUT2D eigenvalue weighted by atomic mass is 9.88. The molecule has 0 atom stereocenters. The molecule has 0 radical (unpaired) electrons. The molecule has 0 aliphatic heterocycles. The summed E-state index contributed by atoms with van der Waals surface area (Å²) in [5.41, 5.74) is 3.44. The molecule has 0 aliphatic carbocycles. The first-order valence-electron chi connectivity index (χ1n) is 7.00. The smallest absolute Gasteiger partial charge is 0.163 e. The summed E-state index contributed by atoms with van der Waals surface area (Å²) < 4.78 is 0. The molecule has 0 N–H and O–H groups in total. The Morgan fingerprint density at radius 1 is 1.00 bits per heavy atom. The minimum Gasteiger partial charge on any atom is -0.294 e. The fourth-order valence-electron chi connectivity index (χ4n) is 2.15. The quantitative estimate of drug-likeness (QED) is 0.656. The zero-order chi connectivity index (χ0) is 13.9. The molecule has 0 bridgehead atoms. The summed E-state index contributed by atoms with van der Waals surface area (Å²) >= 11 is 0. The summed E-state index contributed by atoms with van der Waals surface area (Å²) in [4.78, 5) is 12.3. The fraction of sp³-hybridized carbons (Fsp3) is 0.588. The van der Waals surface area contributed by atoms with Crippen LogP contribution < -0.4 is 0 Å². The van der Waals surface area contributed by atoms with Gasteiger partial charge in [0.2, 0.25) is 0 Å². The highest BCUT2D eigenvalue weighted by Gasteiger charge is 2.16. The monoisotopic (exact) mass is 246 g/mol. The molecule has 1 heteroatoms. The van der Waals surface area contributed by atoms with Gasteiger partial charge < -0.3 is 0 Å². The van der Waals surface area contributed by atoms with Gasteiger partial charge in [-0.25, -0.2) is 0 Å². The Morgan fingerprint density at radius 3 is 2.06 bits per heavy atom. The van der Waals surface area contributed by atoms with E-state index < -0.39 is 0 Å². The van der Waals surface area contributed by atoms with Crippen molar-refractivity contribution >= 4 is 5.78 Å². The summed E-state index contributed by atoms with van der Waals surface area (Å²) in [6, 6.07) is 6.34. The topological polar surface area (TPSA) is 17.1 Å². The predicted molar refractivity (Wildman–Crippen MR) is 78.4 cm³/mol. The highest BCUT2D eigenvalue weighted by atomic mass is 16.1. The van der Waals surface area contributed by atoms with Crippen molar-refractivity contribution in [2.24, 2.45) is 5.92 Å². The van der Waals surface area contributed by atoms with Crippen molar-refractivity contribution in [1.29, 1.82) is 0 Å². The zero-order valence-electron chi connectivity index (χ0n) is 12.6. The number of carbonyl (C=O) groups is 1. The van der Waals surface area contributed by atoms with Crippen molar-refractivity contribution in [2.75, 3.05) is 0 Å². The molecular weight excluding hydrogens is 220 g/mol. The van der Waals surface area contributed by atoms with Crippen molar-refractivity contribution in [3.8, 4) is 0 Å². The Morgan fingerprint density at radius 2 is 1.61 bits per heavy atom. The number of rotatable bonds is 5. The third-order valence-electron chi connectivity index (χ3n) is 3.26. The van der Waals surface area contributed by atoms with E-state index in [9.17, 15) is 4.79 Å². The van der Waals surface area contributed by atoms with Gasteiger partial charge in [-0.1, -0.05) is 59.7 Å². The van der Waals surface area contributed by atoms with Crippen molar-refractivity contribution in [2.45, 2.75) is 59.8 Å². The van der Waals surface area contributed by atoms with E-state index in [0.717, 1.165) is 5.56 Å². The molecule has 1 nitrogen and oxygen atoms in total. The molecule has 100 valence electrons. The van der Waals surface area contributed by atoms with Crippen LogP contribution in [0, 0.1) is 5.92 Å². The molecule has 1 rings (SSSR count). The summed E-state index contributed by atoms with van der Waals surface area (Å²) in [7, 11) is 0. The second kappa shape index (κ2) is 6.17. The molecule has 1 aromatic rings. The van der Waals surface area contributed by atoms with Gasteiger partial charge in [-0.15, -0.1) is 0 Å². The molecule has 0 unspecified atom stereocenters. The Hall–Kier alpha value is -1.11. The van der Waals surface area contributed by atoms with E-state index in [-0.39, 0.29) is 5.78 Å². The number of hydrogen-bond acceptors (Lipinski definition) is 1. The molecule has 0 spiro atoms. The minimum atomic E-state index is 0.281. The van der Waals surface area contributed by atoms with Gasteiger partial charge in [0.1, 0.15) is 0 Å². The van der Waals surface area contributed by atoms with Gasteiger partial charge in [0, 0.05) is 12.0 Å². The SMILES string of the molecule is CC(C)CC(=O)c1ccc(C(C)C)cc1C(C)C. The molecule has 0 amide bonds. The number of ketones is 1. The third kappa shape index (κ3) is 3.69. The van der Waals surface area contributed by atoms with Crippen LogP contribution in [0.4, 0.5) is 0 Å². The Bertz CT molecular complexity index is 414. The summed E-state index contributed by atoms with van der Waals surface area (Å²) in [6.07, 6.45) is 0.640. The van der Waals surface area contributed by atoms with Gasteiger partial charge >= 0.3 is 0 Å². The van der Waals surface area contributed by atoms with Crippen LogP contribution in [0.2, 0.25) is 0 Å². The highest BCUT2D eigenvalue weighted by molar-refractivity contribution is 5.97. The van der Waals surface area contributed by atoms with E-state index in [4.69, 9.17) is 0 Å². The van der Waals surface area contributed by atoms with E-state index in [1.807, 2.05) is 6.07 Å². The van der Waals surface area contributed by atoms with Crippen LogP contribution in [0.3, 0.4) is 0 Å². The van der Waals surface area contributed by atoms with E-state index in [1.165, 1.54) is 11.1 Å². The number of carbonyl (C=O) groups excluding carboxylic acids is 1. The van der Waals surface area contributed by atoms with Crippen molar-refractivity contribution < 1.29 is 4.79 Å². The molecule has 0 aromatic heterocycles. The number of benzene rings is 1. The van der Waals surface area contributed by atoms with Gasteiger partial charge in [0.15, 0.2) is 5.78 Å². The highest BCUT2D eigenvalue weighted by Crippen LogP contribution is 2.26. The van der Waals surface area contributed by atoms with Crippen LogP contribution in [-0.2, 0) is 0 Å². The molecule has 0 saturated heterocycles. The number of hydrogen-bond donors (Lipinski definition) is 0. The first kappa shape index (κ1) is 14.9. The maximum atomic E-state index is 12.3. The van der Waals surface area contributed by atoms with E-state index in [0.29, 0.717) is 24.2 Å². The number of Topliss-reactive ketones (excluding diaryl/α,β-unsaturated/α-hetero) is 1. The lowest BCUT2D eigenvalue weighted by molar-refractivity contribution is 0.0966. The summed E-state index contributed by atoms with van der Waals surface area (Å²) in [5.74, 6) is 1.61. The average molecular weight is 246 g/mol. The molecular formula is C17H26O. The van der Waals surface area contributed by atoms with Crippen LogP contribution in [0.15, 0.2) is 18.2 Å². The molecule has 18 heavy (non-hydrogen) atoms. The van der Waals surface area contributed by atoms with E-state index >= 15 is 0 Å². The summed E-state index contributed by atoms with van der Waals surface area (Å²) in [6.45, 7) is 12.9. The first-order chi connectivity index (χ1) is 8.32. The predicted octanol–water partition coefficient (Wildman–Crippen LogP) is 5.16. The van der Waals surface area contributed by atoms with Crippen molar-refractivity contribution in [3.63, 3.8) is 0 Å². The Kier molecular flexibility index (Phi) is 5.13. The lowest BCUT2D eigenvalue weighted by Crippen LogP contribution is -2.09. The molecule has 0 heterocycles. The maximum Gasteiger partial charge on any atom is 0.163 e. The first-order valence-corrected chi connectivity index (χ1v) is 7.00. The van der Waals surface area contributed by atoms with Gasteiger partial charge in [-0.05, 0) is 28.9 Å². The van der Waals surface area contributed by atoms with Crippen LogP contribution in [-0.4, -0.2) is 5.78 Å². The minimum absolute atomic E-state index is 0.281. The molecule has 1 aromatic carbocycles. The molecule has 0 fully saturated rings. The van der Waals surface area contributed by atoms with E-state index in [2.05, 4.69) is 53.7 Å². The lowest BCUT2D eigenvalue weighted by Gasteiger charge is -2.16. The van der Waals surface area contributed by atoms with Gasteiger partial charge in [0.05, 0.1) is 0 Å². The van der Waals surface area contributed by atoms with Gasteiger partial charge in [-0.3, -0.25) is 4.79 Å². The normalized spacial score (nSPS) is 11.6. The second-order valence-electron chi connectivity index (χ2n) is 6.18. The maximum absolute atomic E-state index is 12.3. The third-order valence-corrected chi connectivity index (χ3v) is 3.26. The Balaban J connectivity index is 3.15. The average Bonchev–Trinajstić information content (AvgIpc) is 2.26. The van der Waals surface area contributed by atoms with E-state index in [1.54, 1.807) is 0 Å². The van der Waals surface area contributed by atoms with Gasteiger partial charge in [-0.2, -0.15) is 0 Å². The van der Waals surface area contributed by atoms with Crippen LogP contribution >= 0.6 is 0 Å².